The van der Waals surface area contributed by atoms with Crippen molar-refractivity contribution in [3.8, 4) is 11.5 Å². The van der Waals surface area contributed by atoms with Crippen LogP contribution in [-0.2, 0) is 9.47 Å². The predicted octanol–water partition coefficient (Wildman–Crippen LogP) is 5.62. The van der Waals surface area contributed by atoms with Crippen LogP contribution in [0.4, 0.5) is 0 Å². The highest BCUT2D eigenvalue weighted by atomic mass is 16.5. The van der Waals surface area contributed by atoms with Gasteiger partial charge in [0.2, 0.25) is 0 Å². The molecule has 0 bridgehead atoms. The van der Waals surface area contributed by atoms with E-state index in [0.29, 0.717) is 22.6 Å². The number of rotatable bonds is 8. The number of esters is 2. The summed E-state index contributed by atoms with van der Waals surface area (Å²) < 4.78 is 20.1. The quantitative estimate of drug-likeness (QED) is 0.322. The van der Waals surface area contributed by atoms with E-state index >= 15 is 0 Å². The highest BCUT2D eigenvalue weighted by Crippen LogP contribution is 2.23. The molecule has 0 aliphatic rings. The number of carbonyl (C=O) groups excluding carboxylic acids is 2. The Hall–Kier alpha value is -4.32. The Bertz CT molecular complexity index is 1130. The van der Waals surface area contributed by atoms with Crippen LogP contribution < -0.4 is 9.47 Å². The zero-order chi connectivity index (χ0) is 24.5. The smallest absolute Gasteiger partial charge is 0.341 e. The molecule has 174 valence electrons. The first-order valence-electron chi connectivity index (χ1n) is 10.5. The van der Waals surface area contributed by atoms with Crippen LogP contribution in [0.5, 0.6) is 11.5 Å². The molecule has 0 N–H and O–H groups in total. The Morgan fingerprint density at radius 2 is 0.853 bits per heavy atom. The molecule has 0 spiro atoms. The van der Waals surface area contributed by atoms with E-state index in [9.17, 15) is 9.59 Å². The molecule has 0 saturated carbocycles. The fourth-order valence-electron chi connectivity index (χ4n) is 3.30. The summed E-state index contributed by atoms with van der Waals surface area (Å²) in [6, 6.07) is 18.7. The average molecular weight is 459 g/mol. The number of carbonyl (C=O) groups is 2. The van der Waals surface area contributed by atoms with E-state index in [4.69, 9.17) is 18.9 Å². The summed E-state index contributed by atoms with van der Waals surface area (Å²) in [5, 5.41) is 0. The summed E-state index contributed by atoms with van der Waals surface area (Å²) >= 11 is 0. The van der Waals surface area contributed by atoms with E-state index in [1.165, 1.54) is 28.4 Å². The molecule has 0 fully saturated rings. The Balaban J connectivity index is 1.74. The maximum absolute atomic E-state index is 12.0. The van der Waals surface area contributed by atoms with Crippen molar-refractivity contribution in [2.75, 3.05) is 28.4 Å². The number of methoxy groups -OCH3 is 4. The Morgan fingerprint density at radius 1 is 0.529 bits per heavy atom. The maximum atomic E-state index is 12.0. The van der Waals surface area contributed by atoms with Crippen LogP contribution in [0, 0.1) is 0 Å². The summed E-state index contributed by atoms with van der Waals surface area (Å²) in [7, 11) is 5.71. The van der Waals surface area contributed by atoms with E-state index in [2.05, 4.69) is 0 Å². The standard InChI is InChI=1S/C28H26O6/c1-31-25-15-13-21(17-23(25)27(29)33-3)11-9-19-5-7-20(8-6-19)10-12-22-14-16-26(32-2)24(18-22)28(30)34-4/h5-18H,1-4H3. The van der Waals surface area contributed by atoms with Crippen LogP contribution in [-0.4, -0.2) is 40.4 Å². The Labute approximate surface area is 199 Å². The average Bonchev–Trinajstić information content (AvgIpc) is 2.89. The molecule has 0 heterocycles. The third kappa shape index (κ3) is 5.92. The van der Waals surface area contributed by atoms with E-state index in [0.717, 1.165) is 22.3 Å². The third-order valence-corrected chi connectivity index (χ3v) is 5.13. The van der Waals surface area contributed by atoms with E-state index in [-0.39, 0.29) is 0 Å². The lowest BCUT2D eigenvalue weighted by Crippen LogP contribution is -2.04. The van der Waals surface area contributed by atoms with Crippen molar-refractivity contribution in [1.82, 2.24) is 0 Å². The summed E-state index contributed by atoms with van der Waals surface area (Å²) in [5.74, 6) is 0.0454. The van der Waals surface area contributed by atoms with E-state index < -0.39 is 11.9 Å². The fraction of sp³-hybridized carbons (Fsp3) is 0.143. The van der Waals surface area contributed by atoms with E-state index in [1.54, 1.807) is 24.3 Å². The normalized spacial score (nSPS) is 10.9. The van der Waals surface area contributed by atoms with E-state index in [1.807, 2.05) is 60.7 Å². The lowest BCUT2D eigenvalue weighted by Gasteiger charge is -2.07. The molecule has 6 nitrogen and oxygen atoms in total. The second-order valence-corrected chi connectivity index (χ2v) is 7.24. The van der Waals surface area contributed by atoms with Gasteiger partial charge >= 0.3 is 11.9 Å². The minimum atomic E-state index is -0.446. The number of benzene rings is 3. The van der Waals surface area contributed by atoms with Gasteiger partial charge in [0.25, 0.3) is 0 Å². The highest BCUT2D eigenvalue weighted by molar-refractivity contribution is 5.94. The van der Waals surface area contributed by atoms with Gasteiger partial charge in [0.05, 0.1) is 28.4 Å². The monoisotopic (exact) mass is 458 g/mol. The SMILES string of the molecule is COC(=O)c1cc(C=Cc2ccc(C=Cc3ccc(OC)c(C(=O)OC)c3)cc2)ccc1OC. The molecule has 0 atom stereocenters. The highest BCUT2D eigenvalue weighted by Gasteiger charge is 2.13. The molecule has 0 aromatic heterocycles. The van der Waals surface area contributed by atoms with Crippen LogP contribution in [0.1, 0.15) is 43.0 Å². The topological polar surface area (TPSA) is 71.1 Å². The first kappa shape index (κ1) is 24.3. The first-order valence-corrected chi connectivity index (χ1v) is 10.5. The molecule has 3 rings (SSSR count). The van der Waals surface area contributed by atoms with Crippen LogP contribution in [0.15, 0.2) is 60.7 Å². The van der Waals surface area contributed by atoms with Crippen molar-refractivity contribution in [2.45, 2.75) is 0 Å². The minimum Gasteiger partial charge on any atom is -0.496 e. The van der Waals surface area contributed by atoms with Gasteiger partial charge < -0.3 is 18.9 Å². The summed E-state index contributed by atoms with van der Waals surface area (Å²) in [4.78, 5) is 23.9. The lowest BCUT2D eigenvalue weighted by atomic mass is 10.1. The number of hydrogen-bond acceptors (Lipinski definition) is 6. The molecule has 3 aromatic rings. The van der Waals surface area contributed by atoms with Crippen LogP contribution in [0.2, 0.25) is 0 Å². The van der Waals surface area contributed by atoms with Crippen LogP contribution in [0.25, 0.3) is 24.3 Å². The van der Waals surface area contributed by atoms with Crippen molar-refractivity contribution in [2.24, 2.45) is 0 Å². The van der Waals surface area contributed by atoms with Gasteiger partial charge in [-0.15, -0.1) is 0 Å². The van der Waals surface area contributed by atoms with Crippen molar-refractivity contribution < 1.29 is 28.5 Å². The molecular weight excluding hydrogens is 432 g/mol. The summed E-state index contributed by atoms with van der Waals surface area (Å²) in [6.07, 6.45) is 7.76. The van der Waals surface area contributed by atoms with Gasteiger partial charge in [0, 0.05) is 0 Å². The van der Waals surface area contributed by atoms with Crippen molar-refractivity contribution in [3.05, 3.63) is 94.0 Å². The van der Waals surface area contributed by atoms with Gasteiger partial charge in [0.1, 0.15) is 22.6 Å². The summed E-state index contributed by atoms with van der Waals surface area (Å²) in [6.45, 7) is 0. The Kier molecular flexibility index (Phi) is 8.24. The molecule has 34 heavy (non-hydrogen) atoms. The zero-order valence-electron chi connectivity index (χ0n) is 19.5. The molecule has 3 aromatic carbocycles. The second-order valence-electron chi connectivity index (χ2n) is 7.24. The van der Waals surface area contributed by atoms with Crippen molar-refractivity contribution in [1.29, 1.82) is 0 Å². The zero-order valence-corrected chi connectivity index (χ0v) is 19.5. The lowest BCUT2D eigenvalue weighted by molar-refractivity contribution is 0.0588. The van der Waals surface area contributed by atoms with Gasteiger partial charge in [-0.05, 0) is 46.5 Å². The molecule has 0 radical (unpaired) electrons. The van der Waals surface area contributed by atoms with Gasteiger partial charge in [0.15, 0.2) is 0 Å². The third-order valence-electron chi connectivity index (χ3n) is 5.13. The van der Waals surface area contributed by atoms with Crippen molar-refractivity contribution >= 4 is 36.2 Å². The van der Waals surface area contributed by atoms with Crippen LogP contribution in [0.3, 0.4) is 0 Å². The second kappa shape index (κ2) is 11.5. The molecule has 0 amide bonds. The molecule has 6 heteroatoms. The molecule has 0 saturated heterocycles. The summed E-state index contributed by atoms with van der Waals surface area (Å²) in [5.41, 5.74) is 4.47. The first-order chi connectivity index (χ1) is 16.5. The molecule has 0 aliphatic carbocycles. The van der Waals surface area contributed by atoms with Gasteiger partial charge in [-0.2, -0.15) is 0 Å². The van der Waals surface area contributed by atoms with Crippen LogP contribution >= 0.6 is 0 Å². The largest absolute Gasteiger partial charge is 0.496 e. The van der Waals surface area contributed by atoms with Crippen molar-refractivity contribution in [3.63, 3.8) is 0 Å². The minimum absolute atomic E-state index is 0.376. The molecular formula is C28H26O6. The van der Waals surface area contributed by atoms with Gasteiger partial charge in [-0.3, -0.25) is 0 Å². The molecule has 0 aliphatic heterocycles. The van der Waals surface area contributed by atoms with Gasteiger partial charge in [-0.1, -0.05) is 60.7 Å². The fourth-order valence-corrected chi connectivity index (χ4v) is 3.30. The molecule has 0 unspecified atom stereocenters. The predicted molar refractivity (Wildman–Crippen MR) is 133 cm³/mol. The van der Waals surface area contributed by atoms with Gasteiger partial charge in [-0.25, -0.2) is 9.59 Å². The number of ether oxygens (including phenoxy) is 4. The number of hydrogen-bond donors (Lipinski definition) is 0. The Morgan fingerprint density at radius 3 is 1.18 bits per heavy atom. The maximum Gasteiger partial charge on any atom is 0.341 e.